The third-order valence-corrected chi connectivity index (χ3v) is 7.67. The van der Waals surface area contributed by atoms with Crippen LogP contribution in [-0.2, 0) is 16.2 Å². The lowest BCUT2D eigenvalue weighted by Crippen LogP contribution is -2.41. The molecule has 1 saturated carbocycles. The Balaban J connectivity index is 1.54. The number of sulfonamides is 1. The van der Waals surface area contributed by atoms with Gasteiger partial charge in [-0.1, -0.05) is 0 Å². The summed E-state index contributed by atoms with van der Waals surface area (Å²) in [6.07, 6.45) is 1.08. The molecule has 0 radical (unpaired) electrons. The molecule has 2 aliphatic rings. The summed E-state index contributed by atoms with van der Waals surface area (Å²) in [5, 5.41) is 0. The zero-order valence-electron chi connectivity index (χ0n) is 15.6. The van der Waals surface area contributed by atoms with E-state index in [4.69, 9.17) is 0 Å². The fourth-order valence-electron chi connectivity index (χ4n) is 3.98. The van der Waals surface area contributed by atoms with E-state index >= 15 is 0 Å². The average molecular weight is 404 g/mol. The molecule has 1 aliphatic carbocycles. The molecule has 0 bridgehead atoms. The molecular weight excluding hydrogens is 377 g/mol. The predicted molar refractivity (Wildman–Crippen MR) is 97.8 cm³/mol. The van der Waals surface area contributed by atoms with Gasteiger partial charge < -0.3 is 4.90 Å². The number of likely N-dealkylation sites (tertiary alicyclic amines) is 1. The van der Waals surface area contributed by atoms with E-state index in [2.05, 4.69) is 4.90 Å². The van der Waals surface area contributed by atoms with Crippen molar-refractivity contribution in [3.05, 3.63) is 29.8 Å². The van der Waals surface area contributed by atoms with E-state index in [0.29, 0.717) is 18.4 Å². The van der Waals surface area contributed by atoms with Crippen molar-refractivity contribution in [1.82, 2.24) is 9.21 Å². The predicted octanol–water partition coefficient (Wildman–Crippen LogP) is 3.84. The van der Waals surface area contributed by atoms with Crippen LogP contribution in [-0.4, -0.2) is 50.8 Å². The molecule has 1 aromatic rings. The number of hydrogen-bond acceptors (Lipinski definition) is 3. The molecule has 0 aromatic heterocycles. The Hall–Kier alpha value is -1.12. The maximum atomic E-state index is 12.7. The average Bonchev–Trinajstić information content (AvgIpc) is 2.59. The quantitative estimate of drug-likeness (QED) is 0.723. The van der Waals surface area contributed by atoms with Gasteiger partial charge in [-0.25, -0.2) is 12.7 Å². The first kappa shape index (κ1) is 20.6. The minimum atomic E-state index is -4.47. The minimum Gasteiger partial charge on any atom is -0.303 e. The number of nitrogens with zero attached hydrogens (tertiary/aromatic N) is 2. The van der Waals surface area contributed by atoms with Crippen molar-refractivity contribution < 1.29 is 21.6 Å². The van der Waals surface area contributed by atoms with Crippen molar-refractivity contribution in [2.45, 2.75) is 43.2 Å². The van der Waals surface area contributed by atoms with Gasteiger partial charge in [-0.05, 0) is 81.3 Å². The van der Waals surface area contributed by atoms with Gasteiger partial charge in [0.05, 0.1) is 10.5 Å². The Morgan fingerprint density at radius 2 is 1.59 bits per heavy atom. The molecule has 1 saturated heterocycles. The highest BCUT2D eigenvalue weighted by Gasteiger charge is 2.32. The van der Waals surface area contributed by atoms with E-state index in [1.165, 1.54) is 30.9 Å². The van der Waals surface area contributed by atoms with E-state index in [1.54, 1.807) is 0 Å². The molecule has 152 valence electrons. The van der Waals surface area contributed by atoms with Gasteiger partial charge in [0, 0.05) is 20.1 Å². The van der Waals surface area contributed by atoms with Crippen LogP contribution in [0.4, 0.5) is 13.2 Å². The minimum absolute atomic E-state index is 0.0931. The summed E-state index contributed by atoms with van der Waals surface area (Å²) in [5.41, 5.74) is -0.843. The maximum Gasteiger partial charge on any atom is 0.416 e. The van der Waals surface area contributed by atoms with Gasteiger partial charge in [-0.2, -0.15) is 13.2 Å². The van der Waals surface area contributed by atoms with E-state index in [9.17, 15) is 21.6 Å². The van der Waals surface area contributed by atoms with E-state index in [0.717, 1.165) is 56.5 Å². The molecule has 0 spiro atoms. The molecule has 0 atom stereocenters. The molecule has 4 nitrogen and oxygen atoms in total. The lowest BCUT2D eigenvalue weighted by Gasteiger charge is -2.37. The van der Waals surface area contributed by atoms with Crippen LogP contribution in [0.5, 0.6) is 0 Å². The molecular formula is C19H27F3N2O2S. The lowest BCUT2D eigenvalue weighted by atomic mass is 9.81. The highest BCUT2D eigenvalue weighted by molar-refractivity contribution is 7.89. The summed E-state index contributed by atoms with van der Waals surface area (Å²) < 4.78 is 64.6. The fraction of sp³-hybridized carbons (Fsp3) is 0.684. The lowest BCUT2D eigenvalue weighted by molar-refractivity contribution is -0.137. The van der Waals surface area contributed by atoms with Crippen LogP contribution in [0, 0.1) is 11.8 Å². The van der Waals surface area contributed by atoms with Gasteiger partial charge in [0.2, 0.25) is 10.0 Å². The van der Waals surface area contributed by atoms with Crippen LogP contribution in [0.2, 0.25) is 0 Å². The fourth-order valence-corrected chi connectivity index (χ4v) is 5.23. The second-order valence-corrected chi connectivity index (χ2v) is 9.89. The smallest absolute Gasteiger partial charge is 0.303 e. The van der Waals surface area contributed by atoms with Crippen molar-refractivity contribution in [3.8, 4) is 0 Å². The summed E-state index contributed by atoms with van der Waals surface area (Å²) in [6, 6.07) is 3.72. The Labute approximate surface area is 159 Å². The number of benzene rings is 1. The zero-order chi connectivity index (χ0) is 19.7. The first-order chi connectivity index (χ1) is 12.7. The Kier molecular flexibility index (Phi) is 6.17. The highest BCUT2D eigenvalue weighted by atomic mass is 32.2. The number of hydrogen-bond donors (Lipinski definition) is 0. The number of alkyl halides is 3. The van der Waals surface area contributed by atoms with Crippen LogP contribution in [0.15, 0.2) is 29.2 Å². The normalized spacial score (nSPS) is 24.8. The first-order valence-electron chi connectivity index (χ1n) is 9.52. The van der Waals surface area contributed by atoms with Gasteiger partial charge in [0.15, 0.2) is 0 Å². The van der Waals surface area contributed by atoms with Gasteiger partial charge in [-0.3, -0.25) is 0 Å². The summed E-state index contributed by atoms with van der Waals surface area (Å²) in [4.78, 5) is 2.39. The maximum absolute atomic E-state index is 12.7. The topological polar surface area (TPSA) is 40.6 Å². The molecule has 2 fully saturated rings. The van der Waals surface area contributed by atoms with Gasteiger partial charge in [0.25, 0.3) is 0 Å². The Bertz CT molecular complexity index is 722. The summed E-state index contributed by atoms with van der Waals surface area (Å²) in [7, 11) is -2.26. The highest BCUT2D eigenvalue weighted by Crippen LogP contribution is 2.32. The van der Waals surface area contributed by atoms with Crippen LogP contribution in [0.3, 0.4) is 0 Å². The van der Waals surface area contributed by atoms with Crippen molar-refractivity contribution in [2.24, 2.45) is 11.8 Å². The van der Waals surface area contributed by atoms with Crippen LogP contribution < -0.4 is 0 Å². The summed E-state index contributed by atoms with van der Waals surface area (Å²) in [5.74, 6) is 1.02. The number of halogens is 3. The van der Waals surface area contributed by atoms with Gasteiger partial charge in [0.1, 0.15) is 0 Å². The van der Waals surface area contributed by atoms with E-state index < -0.39 is 21.8 Å². The van der Waals surface area contributed by atoms with Gasteiger partial charge >= 0.3 is 6.18 Å². The Morgan fingerprint density at radius 3 is 2.07 bits per heavy atom. The molecule has 0 amide bonds. The van der Waals surface area contributed by atoms with Gasteiger partial charge in [-0.15, -0.1) is 0 Å². The molecule has 1 aliphatic heterocycles. The molecule has 1 aromatic carbocycles. The monoisotopic (exact) mass is 404 g/mol. The molecule has 8 heteroatoms. The van der Waals surface area contributed by atoms with Crippen LogP contribution >= 0.6 is 0 Å². The molecule has 0 unspecified atom stereocenters. The SMILES string of the molecule is CN(CC1CCC(CN2CCC2)CC1)S(=O)(=O)c1ccc(C(F)(F)F)cc1. The molecule has 27 heavy (non-hydrogen) atoms. The molecule has 3 rings (SSSR count). The largest absolute Gasteiger partial charge is 0.416 e. The van der Waals surface area contributed by atoms with E-state index in [1.807, 2.05) is 0 Å². The van der Waals surface area contributed by atoms with E-state index in [-0.39, 0.29) is 4.90 Å². The zero-order valence-corrected chi connectivity index (χ0v) is 16.4. The standard InChI is InChI=1S/C19H27F3N2O2S/c1-23(13-15-3-5-16(6-4-15)14-24-11-2-12-24)27(25,26)18-9-7-17(8-10-18)19(20,21)22/h7-10,15-16H,2-6,11-14H2,1H3. The second kappa shape index (κ2) is 8.09. The third kappa shape index (κ3) is 5.03. The van der Waals surface area contributed by atoms with Crippen molar-refractivity contribution >= 4 is 10.0 Å². The summed E-state index contributed by atoms with van der Waals surface area (Å²) >= 11 is 0. The van der Waals surface area contributed by atoms with Crippen molar-refractivity contribution in [2.75, 3.05) is 33.2 Å². The van der Waals surface area contributed by atoms with Crippen LogP contribution in [0.25, 0.3) is 0 Å². The summed E-state index contributed by atoms with van der Waals surface area (Å²) in [6.45, 7) is 3.98. The van der Waals surface area contributed by atoms with Crippen molar-refractivity contribution in [1.29, 1.82) is 0 Å². The third-order valence-electron chi connectivity index (χ3n) is 5.84. The van der Waals surface area contributed by atoms with Crippen LogP contribution in [0.1, 0.15) is 37.7 Å². The second-order valence-electron chi connectivity index (χ2n) is 7.85. The molecule has 0 N–H and O–H groups in total. The number of rotatable bonds is 6. The molecule has 1 heterocycles. The Morgan fingerprint density at radius 1 is 1.04 bits per heavy atom. The van der Waals surface area contributed by atoms with Crippen molar-refractivity contribution in [3.63, 3.8) is 0 Å². The first-order valence-corrected chi connectivity index (χ1v) is 11.0.